The maximum atomic E-state index is 12.4. The number of carbonyl (C=O) groups excluding carboxylic acids is 2. The third kappa shape index (κ3) is 3.43. The molecule has 1 aromatic carbocycles. The first kappa shape index (κ1) is 16.5. The predicted octanol–water partition coefficient (Wildman–Crippen LogP) is 2.92. The van der Waals surface area contributed by atoms with Gasteiger partial charge in [0.1, 0.15) is 0 Å². The third-order valence-electron chi connectivity index (χ3n) is 4.08. The van der Waals surface area contributed by atoms with Gasteiger partial charge in [-0.15, -0.1) is 11.3 Å². The molecular formula is C18H19NO4S. The lowest BCUT2D eigenvalue weighted by Gasteiger charge is -2.27. The summed E-state index contributed by atoms with van der Waals surface area (Å²) in [5.41, 5.74) is 1.77. The van der Waals surface area contributed by atoms with Crippen molar-refractivity contribution in [2.24, 2.45) is 0 Å². The van der Waals surface area contributed by atoms with Crippen molar-refractivity contribution < 1.29 is 19.1 Å². The van der Waals surface area contributed by atoms with Crippen LogP contribution in [0.5, 0.6) is 11.5 Å². The summed E-state index contributed by atoms with van der Waals surface area (Å²) in [5.74, 6) is 0.818. The fourth-order valence-electron chi connectivity index (χ4n) is 2.70. The Kier molecular flexibility index (Phi) is 4.85. The van der Waals surface area contributed by atoms with Crippen molar-refractivity contribution in [1.29, 1.82) is 0 Å². The Morgan fingerprint density at radius 2 is 2.08 bits per heavy atom. The highest BCUT2D eigenvalue weighted by atomic mass is 32.1. The van der Waals surface area contributed by atoms with Gasteiger partial charge < -0.3 is 14.4 Å². The minimum absolute atomic E-state index is 0.0455. The van der Waals surface area contributed by atoms with Gasteiger partial charge in [-0.2, -0.15) is 0 Å². The first-order valence-corrected chi connectivity index (χ1v) is 8.61. The summed E-state index contributed by atoms with van der Waals surface area (Å²) in [6, 6.07) is 7.03. The Morgan fingerprint density at radius 3 is 2.83 bits per heavy atom. The number of benzene rings is 1. The molecule has 0 unspecified atom stereocenters. The summed E-state index contributed by atoms with van der Waals surface area (Å²) in [4.78, 5) is 27.0. The molecule has 0 bridgehead atoms. The van der Waals surface area contributed by atoms with Crippen molar-refractivity contribution in [3.05, 3.63) is 45.6 Å². The van der Waals surface area contributed by atoms with Crippen molar-refractivity contribution in [1.82, 2.24) is 4.90 Å². The Hall–Kier alpha value is -2.34. The molecule has 1 aliphatic rings. The Balaban J connectivity index is 1.63. The topological polar surface area (TPSA) is 55.8 Å². The first-order valence-electron chi connectivity index (χ1n) is 7.73. The predicted molar refractivity (Wildman–Crippen MR) is 91.9 cm³/mol. The Bertz CT molecular complexity index is 768. The summed E-state index contributed by atoms with van der Waals surface area (Å²) >= 11 is 1.74. The van der Waals surface area contributed by atoms with Gasteiger partial charge in [-0.3, -0.25) is 9.59 Å². The number of thiophene rings is 1. The smallest absolute Gasteiger partial charge is 0.260 e. The molecule has 6 heteroatoms. The summed E-state index contributed by atoms with van der Waals surface area (Å²) in [6.45, 7) is 2.81. The van der Waals surface area contributed by atoms with Gasteiger partial charge in [0.2, 0.25) is 0 Å². The normalized spacial score (nSPS) is 13.3. The number of hydrogen-bond donors (Lipinski definition) is 0. The quantitative estimate of drug-likeness (QED) is 0.782. The van der Waals surface area contributed by atoms with Gasteiger partial charge in [-0.25, -0.2) is 0 Å². The van der Waals surface area contributed by atoms with Crippen molar-refractivity contribution in [3.8, 4) is 11.5 Å². The molecule has 0 N–H and O–H groups in total. The van der Waals surface area contributed by atoms with Gasteiger partial charge in [0.25, 0.3) is 5.91 Å². The van der Waals surface area contributed by atoms with E-state index in [1.807, 2.05) is 4.90 Å². The number of Topliss-reactive ketones (excluding diaryl/α,β-unsaturated/α-hetero) is 1. The Morgan fingerprint density at radius 1 is 1.25 bits per heavy atom. The monoisotopic (exact) mass is 345 g/mol. The number of methoxy groups -OCH3 is 1. The summed E-state index contributed by atoms with van der Waals surface area (Å²) in [7, 11) is 1.51. The van der Waals surface area contributed by atoms with Gasteiger partial charge >= 0.3 is 0 Å². The molecular weight excluding hydrogens is 326 g/mol. The lowest BCUT2D eigenvalue weighted by Crippen LogP contribution is -2.38. The number of ether oxygens (including phenoxy) is 2. The maximum absolute atomic E-state index is 12.4. The van der Waals surface area contributed by atoms with Crippen LogP contribution in [0, 0.1) is 0 Å². The van der Waals surface area contributed by atoms with E-state index in [2.05, 4.69) is 11.4 Å². The lowest BCUT2D eigenvalue weighted by molar-refractivity contribution is -0.134. The standard InChI is InChI=1S/C18H19NO4S/c1-12(20)13-3-4-15(16(9-13)22-2)23-11-18(21)19-7-5-17-14(10-19)6-8-24-17/h3-4,6,8-9H,5,7,10-11H2,1-2H3. The fourth-order valence-corrected chi connectivity index (χ4v) is 3.59. The zero-order valence-corrected chi connectivity index (χ0v) is 14.5. The van der Waals surface area contributed by atoms with Crippen LogP contribution in [0.3, 0.4) is 0 Å². The zero-order valence-electron chi connectivity index (χ0n) is 13.7. The van der Waals surface area contributed by atoms with Crippen LogP contribution in [-0.2, 0) is 17.8 Å². The molecule has 1 aromatic heterocycles. The average Bonchev–Trinajstić information content (AvgIpc) is 3.06. The van der Waals surface area contributed by atoms with E-state index in [1.54, 1.807) is 29.5 Å². The molecule has 1 amide bonds. The van der Waals surface area contributed by atoms with Crippen molar-refractivity contribution in [2.45, 2.75) is 19.9 Å². The van der Waals surface area contributed by atoms with Crippen molar-refractivity contribution in [3.63, 3.8) is 0 Å². The molecule has 126 valence electrons. The van der Waals surface area contributed by atoms with E-state index in [4.69, 9.17) is 9.47 Å². The Labute approximate surface area is 144 Å². The van der Waals surface area contributed by atoms with Gasteiger partial charge in [0, 0.05) is 23.5 Å². The third-order valence-corrected chi connectivity index (χ3v) is 5.10. The van der Waals surface area contributed by atoms with Crippen LogP contribution in [0.1, 0.15) is 27.7 Å². The van der Waals surface area contributed by atoms with Crippen molar-refractivity contribution >= 4 is 23.0 Å². The largest absolute Gasteiger partial charge is 0.493 e. The van der Waals surface area contributed by atoms with Crippen LogP contribution in [0.4, 0.5) is 0 Å². The van der Waals surface area contributed by atoms with E-state index in [9.17, 15) is 9.59 Å². The lowest BCUT2D eigenvalue weighted by atomic mass is 10.1. The van der Waals surface area contributed by atoms with Crippen LogP contribution in [0.15, 0.2) is 29.6 Å². The average molecular weight is 345 g/mol. The molecule has 0 saturated carbocycles. The van der Waals surface area contributed by atoms with Gasteiger partial charge in [0.15, 0.2) is 23.9 Å². The van der Waals surface area contributed by atoms with E-state index in [0.717, 1.165) is 13.0 Å². The molecule has 2 heterocycles. The SMILES string of the molecule is COc1cc(C(C)=O)ccc1OCC(=O)N1CCc2sccc2C1. The minimum Gasteiger partial charge on any atom is -0.493 e. The molecule has 0 aliphatic carbocycles. The van der Waals surface area contributed by atoms with Crippen LogP contribution in [-0.4, -0.2) is 36.9 Å². The number of nitrogens with zero attached hydrogens (tertiary/aromatic N) is 1. The highest BCUT2D eigenvalue weighted by molar-refractivity contribution is 7.10. The molecule has 0 fully saturated rings. The van der Waals surface area contributed by atoms with Crippen molar-refractivity contribution in [2.75, 3.05) is 20.3 Å². The number of hydrogen-bond acceptors (Lipinski definition) is 5. The maximum Gasteiger partial charge on any atom is 0.260 e. The van der Waals surface area contributed by atoms with Crippen LogP contribution in [0.2, 0.25) is 0 Å². The van der Waals surface area contributed by atoms with E-state index in [1.165, 1.54) is 24.5 Å². The number of carbonyl (C=O) groups is 2. The fraction of sp³-hybridized carbons (Fsp3) is 0.333. The second-order valence-corrected chi connectivity index (χ2v) is 6.65. The van der Waals surface area contributed by atoms with E-state index in [-0.39, 0.29) is 18.3 Å². The number of fused-ring (bicyclic) bond motifs is 1. The minimum atomic E-state index is -0.0513. The van der Waals surface area contributed by atoms with E-state index in [0.29, 0.717) is 23.6 Å². The van der Waals surface area contributed by atoms with Crippen LogP contribution in [0.25, 0.3) is 0 Å². The molecule has 2 aromatic rings. The van der Waals surface area contributed by atoms with E-state index >= 15 is 0 Å². The summed E-state index contributed by atoms with van der Waals surface area (Å²) in [5, 5.41) is 2.07. The summed E-state index contributed by atoms with van der Waals surface area (Å²) < 4.78 is 10.9. The number of rotatable bonds is 5. The van der Waals surface area contributed by atoms with Crippen LogP contribution >= 0.6 is 11.3 Å². The number of ketones is 1. The molecule has 0 atom stereocenters. The molecule has 5 nitrogen and oxygen atoms in total. The molecule has 0 spiro atoms. The molecule has 24 heavy (non-hydrogen) atoms. The van der Waals surface area contributed by atoms with Gasteiger partial charge in [-0.1, -0.05) is 0 Å². The second kappa shape index (κ2) is 7.05. The second-order valence-electron chi connectivity index (χ2n) is 5.64. The summed E-state index contributed by atoms with van der Waals surface area (Å²) in [6.07, 6.45) is 0.898. The van der Waals surface area contributed by atoms with Crippen LogP contribution < -0.4 is 9.47 Å². The number of amides is 1. The first-order chi connectivity index (χ1) is 11.6. The zero-order chi connectivity index (χ0) is 17.1. The molecule has 1 aliphatic heterocycles. The molecule has 0 radical (unpaired) electrons. The molecule has 3 rings (SSSR count). The van der Waals surface area contributed by atoms with E-state index < -0.39 is 0 Å². The van der Waals surface area contributed by atoms with Gasteiger partial charge in [-0.05, 0) is 48.6 Å². The molecule has 0 saturated heterocycles. The van der Waals surface area contributed by atoms with Gasteiger partial charge in [0.05, 0.1) is 7.11 Å². The highest BCUT2D eigenvalue weighted by Crippen LogP contribution is 2.29. The highest BCUT2D eigenvalue weighted by Gasteiger charge is 2.22.